The molecule has 2 aromatic carbocycles. The smallest absolute Gasteiger partial charge is 0.264 e. The molecule has 0 aromatic heterocycles. The molecule has 0 saturated carbocycles. The van der Waals surface area contributed by atoms with E-state index in [9.17, 15) is 16.8 Å². The van der Waals surface area contributed by atoms with Crippen LogP contribution in [0.15, 0.2) is 46.2 Å². The maximum Gasteiger partial charge on any atom is 0.264 e. The van der Waals surface area contributed by atoms with Crippen LogP contribution in [0, 0.1) is 13.8 Å². The summed E-state index contributed by atoms with van der Waals surface area (Å²) in [6.07, 6.45) is 0.487. The molecular formula is C20H26N2O4S2. The van der Waals surface area contributed by atoms with Gasteiger partial charge in [0, 0.05) is 19.6 Å². The lowest BCUT2D eigenvalue weighted by Crippen LogP contribution is -2.31. The van der Waals surface area contributed by atoms with E-state index in [1.807, 2.05) is 13.0 Å². The number of anilines is 1. The molecular weight excluding hydrogens is 396 g/mol. The van der Waals surface area contributed by atoms with Gasteiger partial charge < -0.3 is 0 Å². The minimum absolute atomic E-state index is 0.209. The fraction of sp³-hybridized carbons (Fsp3) is 0.400. The van der Waals surface area contributed by atoms with Crippen molar-refractivity contribution in [3.63, 3.8) is 0 Å². The number of benzene rings is 2. The van der Waals surface area contributed by atoms with Crippen LogP contribution < -0.4 is 4.31 Å². The summed E-state index contributed by atoms with van der Waals surface area (Å²) in [5.41, 5.74) is 3.00. The highest BCUT2D eigenvalue weighted by molar-refractivity contribution is 7.93. The third kappa shape index (κ3) is 3.44. The molecule has 0 fully saturated rings. The molecule has 1 heterocycles. The highest BCUT2D eigenvalue weighted by Crippen LogP contribution is 2.35. The zero-order chi connectivity index (χ0) is 20.7. The molecule has 2 aromatic rings. The first kappa shape index (κ1) is 20.8. The summed E-state index contributed by atoms with van der Waals surface area (Å²) in [6.45, 7) is 8.40. The largest absolute Gasteiger partial charge is 0.266 e. The van der Waals surface area contributed by atoms with Crippen LogP contribution in [-0.4, -0.2) is 40.8 Å². The summed E-state index contributed by atoms with van der Waals surface area (Å²) in [7, 11) is -7.27. The predicted octanol–water partition coefficient (Wildman–Crippen LogP) is 3.09. The van der Waals surface area contributed by atoms with E-state index < -0.39 is 20.0 Å². The van der Waals surface area contributed by atoms with E-state index >= 15 is 0 Å². The number of fused-ring (bicyclic) bond motifs is 1. The van der Waals surface area contributed by atoms with Crippen molar-refractivity contribution in [1.29, 1.82) is 0 Å². The van der Waals surface area contributed by atoms with Gasteiger partial charge in [-0.05, 0) is 55.7 Å². The number of nitrogens with zero attached hydrogens (tertiary/aromatic N) is 2. The summed E-state index contributed by atoms with van der Waals surface area (Å²) in [5.74, 6) is 0. The van der Waals surface area contributed by atoms with Crippen LogP contribution in [0.25, 0.3) is 0 Å². The van der Waals surface area contributed by atoms with Crippen LogP contribution in [0.2, 0.25) is 0 Å². The Labute approximate surface area is 167 Å². The third-order valence-corrected chi connectivity index (χ3v) is 9.16. The highest BCUT2D eigenvalue weighted by Gasteiger charge is 2.33. The van der Waals surface area contributed by atoms with Crippen LogP contribution in [0.1, 0.15) is 30.5 Å². The van der Waals surface area contributed by atoms with Gasteiger partial charge >= 0.3 is 0 Å². The van der Waals surface area contributed by atoms with Gasteiger partial charge in [-0.1, -0.05) is 31.5 Å². The maximum absolute atomic E-state index is 13.2. The highest BCUT2D eigenvalue weighted by atomic mass is 32.2. The van der Waals surface area contributed by atoms with Gasteiger partial charge in [0.25, 0.3) is 10.0 Å². The standard InChI is InChI=1S/C20H26N2O4S2/c1-5-21(6-2)27(23,24)18-8-9-19-17(14-18)11-12-22(19)28(25,26)20-10-7-15(3)13-16(20)4/h7-10,13-14H,5-6,11-12H2,1-4H3. The van der Waals surface area contributed by atoms with Gasteiger partial charge in [-0.2, -0.15) is 4.31 Å². The van der Waals surface area contributed by atoms with E-state index in [0.717, 1.165) is 11.1 Å². The van der Waals surface area contributed by atoms with Gasteiger partial charge in [0.15, 0.2) is 0 Å². The Hall–Kier alpha value is -1.90. The van der Waals surface area contributed by atoms with E-state index in [-0.39, 0.29) is 9.79 Å². The average molecular weight is 423 g/mol. The van der Waals surface area contributed by atoms with Crippen molar-refractivity contribution in [3.8, 4) is 0 Å². The molecule has 0 saturated heterocycles. The molecule has 0 spiro atoms. The monoisotopic (exact) mass is 422 g/mol. The Morgan fingerprint density at radius 2 is 1.64 bits per heavy atom. The summed E-state index contributed by atoms with van der Waals surface area (Å²) < 4.78 is 54.7. The van der Waals surface area contributed by atoms with Crippen LogP contribution in [0.5, 0.6) is 0 Å². The lowest BCUT2D eigenvalue weighted by molar-refractivity contribution is 0.445. The predicted molar refractivity (Wildman–Crippen MR) is 111 cm³/mol. The Balaban J connectivity index is 2.02. The van der Waals surface area contributed by atoms with Crippen molar-refractivity contribution in [2.75, 3.05) is 23.9 Å². The average Bonchev–Trinajstić information content (AvgIpc) is 3.06. The first-order valence-electron chi connectivity index (χ1n) is 9.36. The van der Waals surface area contributed by atoms with Crippen LogP contribution >= 0.6 is 0 Å². The molecule has 0 bridgehead atoms. The molecule has 0 aliphatic carbocycles. The molecule has 3 rings (SSSR count). The zero-order valence-corrected chi connectivity index (χ0v) is 18.3. The molecule has 0 atom stereocenters. The maximum atomic E-state index is 13.2. The van der Waals surface area contributed by atoms with Crippen molar-refractivity contribution in [2.45, 2.75) is 43.9 Å². The third-order valence-electron chi connectivity index (χ3n) is 5.15. The molecule has 1 aliphatic rings. The number of rotatable bonds is 6. The summed E-state index contributed by atoms with van der Waals surface area (Å²) in [4.78, 5) is 0.492. The van der Waals surface area contributed by atoms with Crippen molar-refractivity contribution >= 4 is 25.7 Å². The Morgan fingerprint density at radius 1 is 0.964 bits per heavy atom. The quantitative estimate of drug-likeness (QED) is 0.717. The Kier molecular flexibility index (Phi) is 5.58. The van der Waals surface area contributed by atoms with Crippen molar-refractivity contribution in [3.05, 3.63) is 53.1 Å². The molecule has 1 aliphatic heterocycles. The first-order valence-corrected chi connectivity index (χ1v) is 12.2. The van der Waals surface area contributed by atoms with Crippen LogP contribution in [0.3, 0.4) is 0 Å². The summed E-state index contributed by atoms with van der Waals surface area (Å²) in [5, 5.41) is 0. The first-order chi connectivity index (χ1) is 13.1. The topological polar surface area (TPSA) is 74.8 Å². The lowest BCUT2D eigenvalue weighted by atomic mass is 10.2. The fourth-order valence-corrected chi connectivity index (χ4v) is 6.90. The molecule has 152 valence electrons. The van der Waals surface area contributed by atoms with Crippen molar-refractivity contribution in [1.82, 2.24) is 4.31 Å². The lowest BCUT2D eigenvalue weighted by Gasteiger charge is -2.22. The Bertz CT molecular complexity index is 1110. The summed E-state index contributed by atoms with van der Waals surface area (Å²) in [6, 6.07) is 10.0. The zero-order valence-electron chi connectivity index (χ0n) is 16.6. The number of sulfonamides is 2. The van der Waals surface area contributed by atoms with Gasteiger partial charge in [-0.25, -0.2) is 16.8 Å². The van der Waals surface area contributed by atoms with E-state index in [2.05, 4.69) is 0 Å². The van der Waals surface area contributed by atoms with E-state index in [1.54, 1.807) is 45.0 Å². The molecule has 0 N–H and O–H groups in total. The number of hydrogen-bond donors (Lipinski definition) is 0. The molecule has 0 unspecified atom stereocenters. The van der Waals surface area contributed by atoms with Gasteiger partial charge in [0.05, 0.1) is 15.5 Å². The SMILES string of the molecule is CCN(CC)S(=O)(=O)c1ccc2c(c1)CCN2S(=O)(=O)c1ccc(C)cc1C. The number of aryl methyl sites for hydroxylation is 2. The van der Waals surface area contributed by atoms with Gasteiger partial charge in [0.1, 0.15) is 0 Å². The molecule has 6 nitrogen and oxygen atoms in total. The normalized spacial score (nSPS) is 14.5. The minimum atomic E-state index is -3.70. The molecule has 0 amide bonds. The second kappa shape index (κ2) is 7.50. The number of hydrogen-bond acceptors (Lipinski definition) is 4. The molecule has 28 heavy (non-hydrogen) atoms. The van der Waals surface area contributed by atoms with Gasteiger partial charge in [0.2, 0.25) is 10.0 Å². The van der Waals surface area contributed by atoms with Gasteiger partial charge in [-0.3, -0.25) is 4.31 Å². The Morgan fingerprint density at radius 3 is 2.25 bits per heavy atom. The van der Waals surface area contributed by atoms with Crippen LogP contribution in [0.4, 0.5) is 5.69 Å². The minimum Gasteiger partial charge on any atom is -0.266 e. The van der Waals surface area contributed by atoms with Crippen molar-refractivity contribution < 1.29 is 16.8 Å². The van der Waals surface area contributed by atoms with E-state index in [0.29, 0.717) is 37.3 Å². The molecule has 0 radical (unpaired) electrons. The fourth-order valence-electron chi connectivity index (χ4n) is 3.68. The second-order valence-electron chi connectivity index (χ2n) is 6.98. The van der Waals surface area contributed by atoms with Crippen LogP contribution in [-0.2, 0) is 26.5 Å². The van der Waals surface area contributed by atoms with E-state index in [1.165, 1.54) is 14.7 Å². The molecule has 8 heteroatoms. The van der Waals surface area contributed by atoms with Crippen molar-refractivity contribution in [2.24, 2.45) is 0 Å². The van der Waals surface area contributed by atoms with Gasteiger partial charge in [-0.15, -0.1) is 0 Å². The van der Waals surface area contributed by atoms with E-state index in [4.69, 9.17) is 0 Å². The summed E-state index contributed by atoms with van der Waals surface area (Å²) >= 11 is 0. The second-order valence-corrected chi connectivity index (χ2v) is 10.7.